The Hall–Kier alpha value is -1.42. The third-order valence-corrected chi connectivity index (χ3v) is 6.47. The number of allylic oxidation sites excluding steroid dienone is 1. The van der Waals surface area contributed by atoms with E-state index in [1.165, 1.54) is 6.21 Å². The van der Waals surface area contributed by atoms with Crippen molar-refractivity contribution in [2.75, 3.05) is 39.3 Å². The molecule has 9 heteroatoms. The number of amides is 1. The van der Waals surface area contributed by atoms with Gasteiger partial charge in [0.05, 0.1) is 29.4 Å². The van der Waals surface area contributed by atoms with E-state index in [0.717, 1.165) is 31.7 Å². The zero-order chi connectivity index (χ0) is 22.5. The van der Waals surface area contributed by atoms with Crippen molar-refractivity contribution in [1.82, 2.24) is 9.80 Å². The maximum Gasteiger partial charge on any atom is 0.501 e. The largest absolute Gasteiger partial charge is 0.501 e. The molecule has 0 bridgehead atoms. The highest BCUT2D eigenvalue weighted by molar-refractivity contribution is 6.60. The molecule has 0 radical (unpaired) electrons. The van der Waals surface area contributed by atoms with Crippen LogP contribution in [-0.2, 0) is 14.0 Å². The predicted molar refractivity (Wildman–Crippen MR) is 119 cm³/mol. The van der Waals surface area contributed by atoms with Crippen LogP contribution in [0.15, 0.2) is 11.7 Å². The average Bonchev–Trinajstić information content (AvgIpc) is 2.89. The van der Waals surface area contributed by atoms with Gasteiger partial charge in [-0.25, -0.2) is 4.79 Å². The smallest absolute Gasteiger partial charge is 0.446 e. The minimum absolute atomic E-state index is 0.0658. The predicted octanol–water partition coefficient (Wildman–Crippen LogP) is 1.51. The number of hydrogen-bond acceptors (Lipinski definition) is 6. The molecule has 30 heavy (non-hydrogen) atoms. The van der Waals surface area contributed by atoms with Crippen molar-refractivity contribution in [2.24, 2.45) is 5.92 Å². The van der Waals surface area contributed by atoms with Gasteiger partial charge in [0, 0.05) is 38.9 Å². The summed E-state index contributed by atoms with van der Waals surface area (Å²) in [5.74, 6) is 0.321. The Labute approximate surface area is 181 Å². The van der Waals surface area contributed by atoms with Crippen LogP contribution in [0.5, 0.6) is 0 Å². The van der Waals surface area contributed by atoms with Crippen LogP contribution >= 0.6 is 0 Å². The first-order chi connectivity index (χ1) is 14.0. The molecule has 0 spiro atoms. The zero-order valence-corrected chi connectivity index (χ0v) is 19.7. The highest BCUT2D eigenvalue weighted by Gasteiger charge is 2.52. The number of nitrogens with zero attached hydrogens (tertiary/aromatic N) is 2. The normalized spacial score (nSPS) is 23.0. The van der Waals surface area contributed by atoms with Gasteiger partial charge in [0.15, 0.2) is 0 Å². The topological polar surface area (TPSA) is 91.7 Å². The summed E-state index contributed by atoms with van der Waals surface area (Å²) < 4.78 is 17.5. The SMILES string of the molecule is CC(C)C(C)OC(=O)N1CCN(CC[NH2+]/C=C(\C=N)B2OC(C)(C)C(C)(C)O2)CC1. The van der Waals surface area contributed by atoms with Crippen LogP contribution in [0.25, 0.3) is 0 Å². The van der Waals surface area contributed by atoms with Crippen molar-refractivity contribution in [3.05, 3.63) is 11.7 Å². The number of ether oxygens (including phenoxy) is 1. The molecule has 0 aliphatic carbocycles. The van der Waals surface area contributed by atoms with Crippen molar-refractivity contribution < 1.29 is 24.2 Å². The van der Waals surface area contributed by atoms with E-state index in [-0.39, 0.29) is 12.2 Å². The first-order valence-corrected chi connectivity index (χ1v) is 11.0. The molecule has 2 aliphatic heterocycles. The Morgan fingerprint density at radius 3 is 2.20 bits per heavy atom. The van der Waals surface area contributed by atoms with Crippen molar-refractivity contribution in [3.63, 3.8) is 0 Å². The standard InChI is InChI=1S/C21H39BN4O4/c1-16(2)17(3)28-19(27)26-12-10-25(11-13-26)9-8-24-15-18(14-23)22-29-20(4,5)21(6,7)30-22/h14-17,23-24H,8-13H2,1-7H3/p+1/b18-15+,23-14?. The first kappa shape index (κ1) is 24.9. The van der Waals surface area contributed by atoms with Gasteiger partial charge in [-0.3, -0.25) is 4.90 Å². The number of rotatable bonds is 8. The molecule has 2 fully saturated rings. The highest BCUT2D eigenvalue weighted by atomic mass is 16.7. The van der Waals surface area contributed by atoms with Gasteiger partial charge < -0.3 is 29.7 Å². The van der Waals surface area contributed by atoms with Crippen LogP contribution in [0.1, 0.15) is 48.5 Å². The van der Waals surface area contributed by atoms with E-state index in [2.05, 4.69) is 24.1 Å². The van der Waals surface area contributed by atoms with Gasteiger partial charge in [-0.15, -0.1) is 0 Å². The highest BCUT2D eigenvalue weighted by Crippen LogP contribution is 2.38. The fourth-order valence-electron chi connectivity index (χ4n) is 3.17. The molecule has 0 aromatic rings. The van der Waals surface area contributed by atoms with Crippen LogP contribution in [0.3, 0.4) is 0 Å². The lowest BCUT2D eigenvalue weighted by Gasteiger charge is -2.34. The quantitative estimate of drug-likeness (QED) is 0.351. The van der Waals surface area contributed by atoms with Crippen LogP contribution in [0.4, 0.5) is 4.79 Å². The lowest BCUT2D eigenvalue weighted by Crippen LogP contribution is -2.80. The van der Waals surface area contributed by atoms with E-state index < -0.39 is 18.3 Å². The first-order valence-electron chi connectivity index (χ1n) is 11.0. The van der Waals surface area contributed by atoms with E-state index in [1.807, 2.05) is 40.8 Å². The fourth-order valence-corrected chi connectivity index (χ4v) is 3.17. The summed E-state index contributed by atoms with van der Waals surface area (Å²) >= 11 is 0. The van der Waals surface area contributed by atoms with Crippen molar-refractivity contribution in [1.29, 1.82) is 5.41 Å². The van der Waals surface area contributed by atoms with Crippen molar-refractivity contribution >= 4 is 19.4 Å². The molecule has 170 valence electrons. The monoisotopic (exact) mass is 423 g/mol. The van der Waals surface area contributed by atoms with E-state index >= 15 is 0 Å². The lowest BCUT2D eigenvalue weighted by atomic mass is 9.79. The summed E-state index contributed by atoms with van der Waals surface area (Å²) in [5, 5.41) is 9.78. The summed E-state index contributed by atoms with van der Waals surface area (Å²) in [5.41, 5.74) is -0.0957. The molecule has 1 amide bonds. The lowest BCUT2D eigenvalue weighted by molar-refractivity contribution is -0.587. The van der Waals surface area contributed by atoms with Crippen LogP contribution < -0.4 is 5.32 Å². The fraction of sp³-hybridized carbons (Fsp3) is 0.810. The molecule has 3 N–H and O–H groups in total. The molecule has 0 aromatic heterocycles. The average molecular weight is 423 g/mol. The third-order valence-electron chi connectivity index (χ3n) is 6.47. The molecule has 2 heterocycles. The van der Waals surface area contributed by atoms with E-state index in [9.17, 15) is 4.79 Å². The van der Waals surface area contributed by atoms with E-state index in [1.54, 1.807) is 4.90 Å². The van der Waals surface area contributed by atoms with E-state index in [4.69, 9.17) is 19.5 Å². The zero-order valence-electron chi connectivity index (χ0n) is 19.7. The number of carbonyl (C=O) groups is 1. The van der Waals surface area contributed by atoms with Gasteiger partial charge in [0.1, 0.15) is 6.10 Å². The second-order valence-corrected chi connectivity index (χ2v) is 9.59. The van der Waals surface area contributed by atoms with Gasteiger partial charge in [-0.1, -0.05) is 13.8 Å². The minimum Gasteiger partial charge on any atom is -0.446 e. The van der Waals surface area contributed by atoms with Gasteiger partial charge in [-0.2, -0.15) is 0 Å². The Balaban J connectivity index is 1.72. The molecule has 1 atom stereocenters. The van der Waals surface area contributed by atoms with E-state index in [0.29, 0.717) is 19.0 Å². The van der Waals surface area contributed by atoms with Gasteiger partial charge in [0.2, 0.25) is 0 Å². The summed E-state index contributed by atoms with van der Waals surface area (Å²) in [6.07, 6.45) is 2.96. The number of piperazine rings is 1. The number of hydrogen-bond donors (Lipinski definition) is 2. The number of quaternary nitrogens is 1. The number of carbonyl (C=O) groups excluding carboxylic acids is 1. The van der Waals surface area contributed by atoms with Crippen LogP contribution in [-0.4, -0.2) is 85.8 Å². The summed E-state index contributed by atoms with van der Waals surface area (Å²) in [6.45, 7) is 18.9. The van der Waals surface area contributed by atoms with Crippen LogP contribution in [0.2, 0.25) is 0 Å². The molecular weight excluding hydrogens is 383 g/mol. The molecule has 2 rings (SSSR count). The Bertz CT molecular complexity index is 614. The number of nitrogens with two attached hydrogens (primary N) is 1. The molecule has 0 aromatic carbocycles. The summed E-state index contributed by atoms with van der Waals surface area (Å²) in [4.78, 5) is 16.4. The van der Waals surface area contributed by atoms with Gasteiger partial charge in [-0.05, 0) is 40.5 Å². The molecule has 8 nitrogen and oxygen atoms in total. The maximum atomic E-state index is 12.2. The second kappa shape index (κ2) is 10.3. The molecule has 1 unspecified atom stereocenters. The number of nitrogens with one attached hydrogen (secondary N) is 1. The molecule has 2 saturated heterocycles. The Morgan fingerprint density at radius 1 is 1.13 bits per heavy atom. The van der Waals surface area contributed by atoms with Gasteiger partial charge in [0.25, 0.3) is 0 Å². The molecule has 2 aliphatic rings. The summed E-state index contributed by atoms with van der Waals surface area (Å²) in [7, 11) is -0.508. The Kier molecular flexibility index (Phi) is 8.50. The third kappa shape index (κ3) is 6.29. The van der Waals surface area contributed by atoms with Crippen LogP contribution in [0, 0.1) is 11.3 Å². The minimum atomic E-state index is -0.508. The molecular formula is C21H40BN4O4+. The summed E-state index contributed by atoms with van der Waals surface area (Å²) in [6, 6.07) is 0. The second-order valence-electron chi connectivity index (χ2n) is 9.59. The maximum absolute atomic E-state index is 12.2. The Morgan fingerprint density at radius 2 is 1.70 bits per heavy atom. The van der Waals surface area contributed by atoms with Crippen molar-refractivity contribution in [2.45, 2.75) is 65.8 Å². The van der Waals surface area contributed by atoms with Crippen molar-refractivity contribution in [3.8, 4) is 0 Å². The molecule has 0 saturated carbocycles. The van der Waals surface area contributed by atoms with Gasteiger partial charge >= 0.3 is 13.2 Å².